The van der Waals surface area contributed by atoms with Crippen molar-refractivity contribution in [2.75, 3.05) is 14.1 Å². The summed E-state index contributed by atoms with van der Waals surface area (Å²) in [6.45, 7) is 1.49. The summed E-state index contributed by atoms with van der Waals surface area (Å²) in [5, 5.41) is 12.6. The van der Waals surface area contributed by atoms with Crippen LogP contribution in [0.3, 0.4) is 0 Å². The minimum atomic E-state index is 0. The van der Waals surface area contributed by atoms with Crippen LogP contribution in [0.4, 0.5) is 0 Å². The highest BCUT2D eigenvalue weighted by Gasteiger charge is 2.09. The van der Waals surface area contributed by atoms with Gasteiger partial charge in [0.25, 0.3) is 0 Å². The van der Waals surface area contributed by atoms with Gasteiger partial charge >= 0.3 is 0 Å². The zero-order chi connectivity index (χ0) is 16.8. The monoisotopic (exact) mass is 506 g/mol. The van der Waals surface area contributed by atoms with Crippen LogP contribution in [0.15, 0.2) is 46.0 Å². The average Bonchev–Trinajstić information content (AvgIpc) is 2.85. The third-order valence-electron chi connectivity index (χ3n) is 3.67. The minimum absolute atomic E-state index is 0. The van der Waals surface area contributed by atoms with Gasteiger partial charge in [0.2, 0.25) is 0 Å². The van der Waals surface area contributed by atoms with Gasteiger partial charge in [0.15, 0.2) is 5.96 Å². The Labute approximate surface area is 168 Å². The maximum Gasteiger partial charge on any atom is 0.194 e. The summed E-state index contributed by atoms with van der Waals surface area (Å²) in [5.74, 6) is 0.830. The SMILES string of the molecule is CN=C(NCc1cccc(CO)c1)N(C)Cc1cc(Br)cn1C.I. The lowest BCUT2D eigenvalue weighted by Crippen LogP contribution is -2.38. The first kappa shape index (κ1) is 21.0. The van der Waals surface area contributed by atoms with Gasteiger partial charge in [-0.15, -0.1) is 24.0 Å². The number of aliphatic hydroxyl groups is 1. The molecule has 0 bridgehead atoms. The first-order valence-electron chi connectivity index (χ1n) is 7.44. The van der Waals surface area contributed by atoms with Gasteiger partial charge in [-0.3, -0.25) is 4.99 Å². The number of nitrogens with zero attached hydrogens (tertiary/aromatic N) is 3. The number of aryl methyl sites for hydroxylation is 1. The van der Waals surface area contributed by atoms with E-state index in [1.54, 1.807) is 7.05 Å². The molecule has 2 rings (SSSR count). The number of hydrogen-bond acceptors (Lipinski definition) is 2. The van der Waals surface area contributed by atoms with Crippen LogP contribution in [0, 0.1) is 0 Å². The molecule has 0 aliphatic rings. The number of aromatic nitrogens is 1. The lowest BCUT2D eigenvalue weighted by molar-refractivity contribution is 0.281. The fraction of sp³-hybridized carbons (Fsp3) is 0.353. The lowest BCUT2D eigenvalue weighted by atomic mass is 10.1. The second-order valence-corrected chi connectivity index (χ2v) is 6.41. The Hall–Kier alpha value is -1.06. The standard InChI is InChI=1S/C17H23BrN4O.HI/c1-19-17(20-9-13-5-4-6-14(7-13)12-23)22(3)11-16-8-15(18)10-21(16)2;/h4-8,10,23H,9,11-12H2,1-3H3,(H,19,20);1H. The predicted molar refractivity (Wildman–Crippen MR) is 113 cm³/mol. The minimum Gasteiger partial charge on any atom is -0.392 e. The van der Waals surface area contributed by atoms with E-state index in [0.29, 0.717) is 6.54 Å². The van der Waals surface area contributed by atoms with Crippen molar-refractivity contribution in [3.8, 4) is 0 Å². The molecule has 0 atom stereocenters. The molecule has 1 aromatic carbocycles. The fourth-order valence-corrected chi connectivity index (χ4v) is 3.02. The summed E-state index contributed by atoms with van der Waals surface area (Å²) >= 11 is 3.50. The summed E-state index contributed by atoms with van der Waals surface area (Å²) in [6, 6.07) is 10.0. The van der Waals surface area contributed by atoms with Crippen molar-refractivity contribution >= 4 is 45.9 Å². The van der Waals surface area contributed by atoms with Crippen LogP contribution < -0.4 is 5.32 Å². The number of guanidine groups is 1. The second kappa shape index (κ2) is 10.0. The fourth-order valence-electron chi connectivity index (χ4n) is 2.45. The van der Waals surface area contributed by atoms with E-state index in [1.165, 1.54) is 5.69 Å². The van der Waals surface area contributed by atoms with Gasteiger partial charge in [-0.2, -0.15) is 0 Å². The Morgan fingerprint density at radius 1 is 1.33 bits per heavy atom. The molecule has 0 unspecified atom stereocenters. The lowest BCUT2D eigenvalue weighted by Gasteiger charge is -2.22. The van der Waals surface area contributed by atoms with Crippen LogP contribution in [0.5, 0.6) is 0 Å². The van der Waals surface area contributed by atoms with Crippen LogP contribution in [0.2, 0.25) is 0 Å². The largest absolute Gasteiger partial charge is 0.392 e. The van der Waals surface area contributed by atoms with Gasteiger partial charge < -0.3 is 19.9 Å². The number of benzene rings is 1. The molecule has 0 saturated heterocycles. The smallest absolute Gasteiger partial charge is 0.194 e. The van der Waals surface area contributed by atoms with Crippen LogP contribution >= 0.6 is 39.9 Å². The number of aliphatic imine (C=N–C) groups is 1. The molecular weight excluding hydrogens is 483 g/mol. The molecule has 2 N–H and O–H groups in total. The molecule has 0 saturated carbocycles. The molecular formula is C17H24BrIN4O. The first-order valence-corrected chi connectivity index (χ1v) is 8.24. The molecule has 0 amide bonds. The Bertz CT molecular complexity index is 687. The number of halogens is 2. The van der Waals surface area contributed by atoms with Crippen LogP contribution in [-0.4, -0.2) is 34.6 Å². The Morgan fingerprint density at radius 2 is 2.04 bits per heavy atom. The van der Waals surface area contributed by atoms with E-state index in [-0.39, 0.29) is 30.6 Å². The summed E-state index contributed by atoms with van der Waals surface area (Å²) in [7, 11) is 5.83. The summed E-state index contributed by atoms with van der Waals surface area (Å²) in [5.41, 5.74) is 3.23. The van der Waals surface area contributed by atoms with Crippen molar-refractivity contribution in [3.63, 3.8) is 0 Å². The Balaban J connectivity index is 0.00000288. The molecule has 24 heavy (non-hydrogen) atoms. The van der Waals surface area contributed by atoms with Gasteiger partial charge in [0, 0.05) is 44.1 Å². The summed E-state index contributed by atoms with van der Waals surface area (Å²) < 4.78 is 3.17. The molecule has 2 aromatic rings. The molecule has 7 heteroatoms. The van der Waals surface area contributed by atoms with Crippen molar-refractivity contribution in [1.82, 2.24) is 14.8 Å². The molecule has 1 aromatic heterocycles. The third kappa shape index (κ3) is 5.78. The van der Waals surface area contributed by atoms with Gasteiger partial charge in [0.05, 0.1) is 13.2 Å². The molecule has 0 aliphatic heterocycles. The van der Waals surface area contributed by atoms with Gasteiger partial charge in [-0.05, 0) is 33.1 Å². The molecule has 0 radical (unpaired) electrons. The molecule has 1 heterocycles. The maximum atomic E-state index is 9.21. The van der Waals surface area contributed by atoms with E-state index in [0.717, 1.165) is 28.1 Å². The highest BCUT2D eigenvalue weighted by molar-refractivity contribution is 14.0. The highest BCUT2D eigenvalue weighted by atomic mass is 127. The molecule has 0 fully saturated rings. The van der Waals surface area contributed by atoms with Gasteiger partial charge in [0.1, 0.15) is 0 Å². The third-order valence-corrected chi connectivity index (χ3v) is 4.11. The second-order valence-electron chi connectivity index (χ2n) is 5.50. The van der Waals surface area contributed by atoms with Crippen LogP contribution in [0.1, 0.15) is 16.8 Å². The molecule has 5 nitrogen and oxygen atoms in total. The van der Waals surface area contributed by atoms with Gasteiger partial charge in [-0.1, -0.05) is 24.3 Å². The Kier molecular flexibility index (Phi) is 8.79. The first-order chi connectivity index (χ1) is 11.0. The van der Waals surface area contributed by atoms with Crippen molar-refractivity contribution in [2.45, 2.75) is 19.7 Å². The van der Waals surface area contributed by atoms with E-state index in [9.17, 15) is 5.11 Å². The van der Waals surface area contributed by atoms with Crippen molar-refractivity contribution in [1.29, 1.82) is 0 Å². The van der Waals surface area contributed by atoms with E-state index in [4.69, 9.17) is 0 Å². The van der Waals surface area contributed by atoms with Crippen molar-refractivity contribution < 1.29 is 5.11 Å². The molecule has 0 spiro atoms. The zero-order valence-electron chi connectivity index (χ0n) is 14.2. The molecule has 132 valence electrons. The predicted octanol–water partition coefficient (Wildman–Crippen LogP) is 3.11. The topological polar surface area (TPSA) is 52.8 Å². The maximum absolute atomic E-state index is 9.21. The van der Waals surface area contributed by atoms with E-state index >= 15 is 0 Å². The van der Waals surface area contributed by atoms with Gasteiger partial charge in [-0.25, -0.2) is 0 Å². The highest BCUT2D eigenvalue weighted by Crippen LogP contribution is 2.15. The number of hydrogen-bond donors (Lipinski definition) is 2. The van der Waals surface area contributed by atoms with Crippen LogP contribution in [-0.2, 0) is 26.7 Å². The quantitative estimate of drug-likeness (QED) is 0.372. The zero-order valence-corrected chi connectivity index (χ0v) is 18.1. The van der Waals surface area contributed by atoms with Crippen molar-refractivity contribution in [3.05, 3.63) is 57.8 Å². The number of rotatable bonds is 5. The van der Waals surface area contributed by atoms with E-state index in [2.05, 4.69) is 41.8 Å². The summed E-state index contributed by atoms with van der Waals surface area (Å²) in [6.07, 6.45) is 2.04. The van der Waals surface area contributed by atoms with Crippen LogP contribution in [0.25, 0.3) is 0 Å². The summed E-state index contributed by atoms with van der Waals surface area (Å²) in [4.78, 5) is 6.42. The number of aliphatic hydroxyl groups excluding tert-OH is 1. The average molecular weight is 507 g/mol. The Morgan fingerprint density at radius 3 is 2.62 bits per heavy atom. The van der Waals surface area contributed by atoms with E-state index in [1.807, 2.05) is 44.6 Å². The van der Waals surface area contributed by atoms with E-state index < -0.39 is 0 Å². The molecule has 0 aliphatic carbocycles. The normalized spacial score (nSPS) is 11.1. The van der Waals surface area contributed by atoms with Crippen molar-refractivity contribution in [2.24, 2.45) is 12.0 Å². The number of nitrogens with one attached hydrogen (secondary N) is 1.